The fourth-order valence-corrected chi connectivity index (χ4v) is 2.03. The Kier molecular flexibility index (Phi) is 5.82. The molecule has 18 heavy (non-hydrogen) atoms. The van der Waals surface area contributed by atoms with E-state index in [1.54, 1.807) is 7.11 Å². The summed E-state index contributed by atoms with van der Waals surface area (Å²) >= 11 is 0. The van der Waals surface area contributed by atoms with Gasteiger partial charge in [-0.3, -0.25) is 9.69 Å². The first kappa shape index (κ1) is 14.7. The van der Waals surface area contributed by atoms with Crippen molar-refractivity contribution in [1.29, 1.82) is 0 Å². The number of ether oxygens (including phenoxy) is 1. The average Bonchev–Trinajstić information content (AvgIpc) is 2.34. The molecule has 4 nitrogen and oxygen atoms in total. The van der Waals surface area contributed by atoms with Crippen LogP contribution in [-0.2, 0) is 9.53 Å². The van der Waals surface area contributed by atoms with Crippen molar-refractivity contribution in [2.45, 2.75) is 25.9 Å². The second-order valence-corrected chi connectivity index (χ2v) is 4.54. The highest BCUT2D eigenvalue weighted by Crippen LogP contribution is 2.23. The van der Waals surface area contributed by atoms with Gasteiger partial charge in [-0.1, -0.05) is 30.3 Å². The molecule has 0 saturated heterocycles. The predicted octanol–water partition coefficient (Wildman–Crippen LogP) is 2.17. The van der Waals surface area contributed by atoms with Gasteiger partial charge in [-0.05, 0) is 19.4 Å². The molecule has 1 rings (SSSR count). The smallest absolute Gasteiger partial charge is 0.317 e. The summed E-state index contributed by atoms with van der Waals surface area (Å²) in [5.74, 6) is -0.819. The lowest BCUT2D eigenvalue weighted by Gasteiger charge is -2.33. The SMILES string of the molecule is COCC(c1ccccc1)N(CC(=O)O)C(C)C. The molecule has 1 aromatic rings. The minimum atomic E-state index is -0.819. The van der Waals surface area contributed by atoms with Crippen molar-refractivity contribution < 1.29 is 14.6 Å². The van der Waals surface area contributed by atoms with Crippen LogP contribution in [0.1, 0.15) is 25.5 Å². The van der Waals surface area contributed by atoms with Gasteiger partial charge in [-0.2, -0.15) is 0 Å². The van der Waals surface area contributed by atoms with Crippen molar-refractivity contribution in [3.8, 4) is 0 Å². The number of hydrogen-bond acceptors (Lipinski definition) is 3. The fourth-order valence-electron chi connectivity index (χ4n) is 2.03. The summed E-state index contributed by atoms with van der Waals surface area (Å²) in [6.07, 6.45) is 0. The highest BCUT2D eigenvalue weighted by Gasteiger charge is 2.24. The Hall–Kier alpha value is -1.39. The third-order valence-electron chi connectivity index (χ3n) is 2.89. The number of carboxylic acid groups (broad SMARTS) is 1. The Morgan fingerprint density at radius 1 is 1.33 bits per heavy atom. The van der Waals surface area contributed by atoms with Crippen LogP contribution in [-0.4, -0.2) is 42.3 Å². The van der Waals surface area contributed by atoms with Gasteiger partial charge < -0.3 is 9.84 Å². The van der Waals surface area contributed by atoms with Crippen LogP contribution in [0.5, 0.6) is 0 Å². The van der Waals surface area contributed by atoms with Crippen LogP contribution in [0.4, 0.5) is 0 Å². The van der Waals surface area contributed by atoms with Crippen LogP contribution in [0, 0.1) is 0 Å². The molecule has 0 spiro atoms. The molecule has 0 amide bonds. The van der Waals surface area contributed by atoms with Crippen molar-refractivity contribution in [3.05, 3.63) is 35.9 Å². The Balaban J connectivity index is 2.96. The lowest BCUT2D eigenvalue weighted by atomic mass is 10.0. The monoisotopic (exact) mass is 251 g/mol. The molecule has 0 saturated carbocycles. The Bertz CT molecular complexity index is 365. The maximum absolute atomic E-state index is 11.0. The van der Waals surface area contributed by atoms with Gasteiger partial charge >= 0.3 is 5.97 Å². The van der Waals surface area contributed by atoms with Gasteiger partial charge in [0.25, 0.3) is 0 Å². The molecule has 0 aliphatic carbocycles. The first-order chi connectivity index (χ1) is 8.56. The Labute approximate surface area is 108 Å². The molecule has 100 valence electrons. The standard InChI is InChI=1S/C14H21NO3/c1-11(2)15(9-14(16)17)13(10-18-3)12-7-5-4-6-8-12/h4-8,11,13H,9-10H2,1-3H3,(H,16,17). The molecule has 0 aromatic heterocycles. The van der Waals surface area contributed by atoms with Crippen molar-refractivity contribution in [1.82, 2.24) is 4.90 Å². The summed E-state index contributed by atoms with van der Waals surface area (Å²) < 4.78 is 5.24. The lowest BCUT2D eigenvalue weighted by molar-refractivity contribution is -0.140. The molecular formula is C14H21NO3. The van der Waals surface area contributed by atoms with Crippen molar-refractivity contribution >= 4 is 5.97 Å². The fraction of sp³-hybridized carbons (Fsp3) is 0.500. The summed E-state index contributed by atoms with van der Waals surface area (Å²) in [5.41, 5.74) is 1.08. The van der Waals surface area contributed by atoms with E-state index in [1.165, 1.54) is 0 Å². The molecule has 0 heterocycles. The molecule has 0 aliphatic heterocycles. The van der Waals surface area contributed by atoms with E-state index in [4.69, 9.17) is 9.84 Å². The number of carboxylic acids is 1. The number of aliphatic carboxylic acids is 1. The number of benzene rings is 1. The van der Waals surface area contributed by atoms with E-state index in [0.29, 0.717) is 6.61 Å². The molecule has 1 unspecified atom stereocenters. The van der Waals surface area contributed by atoms with Gasteiger partial charge in [-0.15, -0.1) is 0 Å². The van der Waals surface area contributed by atoms with Crippen LogP contribution >= 0.6 is 0 Å². The van der Waals surface area contributed by atoms with Gasteiger partial charge in [0.15, 0.2) is 0 Å². The largest absolute Gasteiger partial charge is 0.480 e. The number of nitrogens with zero attached hydrogens (tertiary/aromatic N) is 1. The summed E-state index contributed by atoms with van der Waals surface area (Å²) in [7, 11) is 1.63. The molecule has 4 heteroatoms. The van der Waals surface area contributed by atoms with E-state index >= 15 is 0 Å². The molecule has 0 bridgehead atoms. The zero-order valence-electron chi connectivity index (χ0n) is 11.2. The number of rotatable bonds is 7. The summed E-state index contributed by atoms with van der Waals surface area (Å²) in [6, 6.07) is 9.97. The Morgan fingerprint density at radius 2 is 1.94 bits per heavy atom. The third kappa shape index (κ3) is 4.13. The number of hydrogen-bond donors (Lipinski definition) is 1. The topological polar surface area (TPSA) is 49.8 Å². The van der Waals surface area contributed by atoms with Crippen molar-refractivity contribution in [3.63, 3.8) is 0 Å². The zero-order chi connectivity index (χ0) is 13.5. The quantitative estimate of drug-likeness (QED) is 0.807. The minimum Gasteiger partial charge on any atom is -0.480 e. The van der Waals surface area contributed by atoms with E-state index in [0.717, 1.165) is 5.56 Å². The minimum absolute atomic E-state index is 0.0145. The van der Waals surface area contributed by atoms with E-state index in [2.05, 4.69) is 0 Å². The maximum Gasteiger partial charge on any atom is 0.317 e. The second kappa shape index (κ2) is 7.13. The van der Waals surface area contributed by atoms with E-state index in [9.17, 15) is 4.79 Å². The van der Waals surface area contributed by atoms with E-state index in [1.807, 2.05) is 49.1 Å². The zero-order valence-corrected chi connectivity index (χ0v) is 11.2. The predicted molar refractivity (Wildman–Crippen MR) is 70.5 cm³/mol. The maximum atomic E-state index is 11.0. The van der Waals surface area contributed by atoms with Crippen LogP contribution in [0.25, 0.3) is 0 Å². The van der Waals surface area contributed by atoms with Crippen LogP contribution in [0.15, 0.2) is 30.3 Å². The highest BCUT2D eigenvalue weighted by atomic mass is 16.5. The summed E-state index contributed by atoms with van der Waals surface area (Å²) in [6.45, 7) is 4.49. The van der Waals surface area contributed by atoms with E-state index in [-0.39, 0.29) is 18.6 Å². The highest BCUT2D eigenvalue weighted by molar-refractivity contribution is 5.69. The molecule has 0 fully saturated rings. The summed E-state index contributed by atoms with van der Waals surface area (Å²) in [4.78, 5) is 12.9. The van der Waals surface area contributed by atoms with Crippen molar-refractivity contribution in [2.75, 3.05) is 20.3 Å². The first-order valence-electron chi connectivity index (χ1n) is 6.07. The second-order valence-electron chi connectivity index (χ2n) is 4.54. The summed E-state index contributed by atoms with van der Waals surface area (Å²) in [5, 5.41) is 9.01. The first-order valence-corrected chi connectivity index (χ1v) is 6.07. The number of methoxy groups -OCH3 is 1. The van der Waals surface area contributed by atoms with Crippen LogP contribution in [0.3, 0.4) is 0 Å². The van der Waals surface area contributed by atoms with Crippen molar-refractivity contribution in [2.24, 2.45) is 0 Å². The molecule has 1 atom stereocenters. The lowest BCUT2D eigenvalue weighted by Crippen LogP contribution is -2.40. The van der Waals surface area contributed by atoms with Gasteiger partial charge in [0.1, 0.15) is 0 Å². The van der Waals surface area contributed by atoms with Gasteiger partial charge in [-0.25, -0.2) is 0 Å². The third-order valence-corrected chi connectivity index (χ3v) is 2.89. The Morgan fingerprint density at radius 3 is 2.39 bits per heavy atom. The molecule has 1 aromatic carbocycles. The van der Waals surface area contributed by atoms with Crippen LogP contribution in [0.2, 0.25) is 0 Å². The molecule has 1 N–H and O–H groups in total. The van der Waals surface area contributed by atoms with Gasteiger partial charge in [0.2, 0.25) is 0 Å². The van der Waals surface area contributed by atoms with Crippen LogP contribution < -0.4 is 0 Å². The van der Waals surface area contributed by atoms with Gasteiger partial charge in [0.05, 0.1) is 19.2 Å². The van der Waals surface area contributed by atoms with E-state index < -0.39 is 5.97 Å². The van der Waals surface area contributed by atoms with Gasteiger partial charge in [0, 0.05) is 13.2 Å². The number of carbonyl (C=O) groups is 1. The average molecular weight is 251 g/mol. The molecule has 0 radical (unpaired) electrons. The normalized spacial score (nSPS) is 12.9. The molecular weight excluding hydrogens is 230 g/mol. The molecule has 0 aliphatic rings.